The van der Waals surface area contributed by atoms with E-state index in [1.54, 1.807) is 23.1 Å². The van der Waals surface area contributed by atoms with Crippen molar-refractivity contribution < 1.29 is 4.74 Å². The number of thioether (sulfide) groups is 1. The number of benzene rings is 1. The Bertz CT molecular complexity index is 536. The van der Waals surface area contributed by atoms with Gasteiger partial charge in [-0.25, -0.2) is 0 Å². The van der Waals surface area contributed by atoms with Crippen molar-refractivity contribution in [3.05, 3.63) is 29.3 Å². The molecule has 1 aromatic heterocycles. The van der Waals surface area contributed by atoms with Crippen molar-refractivity contribution in [1.82, 2.24) is 10.2 Å². The van der Waals surface area contributed by atoms with Gasteiger partial charge in [-0.3, -0.25) is 0 Å². The Hall–Kier alpha value is -0.980. The number of ether oxygens (including phenoxy) is 1. The number of anilines is 1. The third kappa shape index (κ3) is 4.85. The van der Waals surface area contributed by atoms with Crippen molar-refractivity contribution in [2.24, 2.45) is 0 Å². The quantitative estimate of drug-likeness (QED) is 0.581. The van der Waals surface area contributed by atoms with Gasteiger partial charge in [0.15, 0.2) is 4.34 Å². The molecule has 0 unspecified atom stereocenters. The van der Waals surface area contributed by atoms with E-state index in [0.717, 1.165) is 33.9 Å². The van der Waals surface area contributed by atoms with E-state index in [1.807, 2.05) is 24.3 Å². The number of hydrogen-bond acceptors (Lipinski definition) is 6. The van der Waals surface area contributed by atoms with Gasteiger partial charge >= 0.3 is 0 Å². The molecular weight excluding hydrogens is 314 g/mol. The number of rotatable bonds is 8. The summed E-state index contributed by atoms with van der Waals surface area (Å²) in [6.07, 6.45) is 1.08. The summed E-state index contributed by atoms with van der Waals surface area (Å²) >= 11 is 9.22. The highest BCUT2D eigenvalue weighted by molar-refractivity contribution is 8.01. The molecule has 1 heterocycles. The first-order valence-corrected chi connectivity index (χ1v) is 8.55. The van der Waals surface area contributed by atoms with Crippen LogP contribution in [0.4, 0.5) is 5.13 Å². The van der Waals surface area contributed by atoms with Crippen molar-refractivity contribution in [2.45, 2.75) is 17.7 Å². The maximum absolute atomic E-state index is 6.01. The number of nitrogens with zero attached hydrogens (tertiary/aromatic N) is 2. The molecule has 0 fully saturated rings. The summed E-state index contributed by atoms with van der Waals surface area (Å²) in [6, 6.07) is 7.48. The maximum Gasteiger partial charge on any atom is 0.206 e. The predicted octanol–water partition coefficient (Wildman–Crippen LogP) is 4.18. The number of para-hydroxylation sites is 1. The third-order valence-electron chi connectivity index (χ3n) is 2.34. The highest BCUT2D eigenvalue weighted by Crippen LogP contribution is 2.26. The van der Waals surface area contributed by atoms with Gasteiger partial charge in [-0.1, -0.05) is 53.8 Å². The number of halogens is 1. The van der Waals surface area contributed by atoms with Crippen LogP contribution in [-0.4, -0.2) is 29.1 Å². The number of aromatic nitrogens is 2. The molecule has 0 radical (unpaired) electrons. The molecule has 20 heavy (non-hydrogen) atoms. The molecule has 0 saturated heterocycles. The average molecular weight is 330 g/mol. The second-order valence-electron chi connectivity index (χ2n) is 3.93. The smallest absolute Gasteiger partial charge is 0.206 e. The van der Waals surface area contributed by atoms with Gasteiger partial charge < -0.3 is 10.1 Å². The van der Waals surface area contributed by atoms with Gasteiger partial charge in [-0.15, -0.1) is 10.2 Å². The summed E-state index contributed by atoms with van der Waals surface area (Å²) in [5, 5.41) is 12.9. The molecule has 0 aliphatic rings. The van der Waals surface area contributed by atoms with E-state index < -0.39 is 0 Å². The highest BCUT2D eigenvalue weighted by atomic mass is 35.5. The highest BCUT2D eigenvalue weighted by Gasteiger charge is 2.04. The van der Waals surface area contributed by atoms with E-state index in [0.29, 0.717) is 11.6 Å². The lowest BCUT2D eigenvalue weighted by atomic mass is 10.3. The van der Waals surface area contributed by atoms with Gasteiger partial charge in [-0.2, -0.15) is 0 Å². The van der Waals surface area contributed by atoms with E-state index in [1.165, 1.54) is 0 Å². The molecule has 1 aromatic carbocycles. The van der Waals surface area contributed by atoms with Crippen molar-refractivity contribution in [3.63, 3.8) is 0 Å². The molecule has 0 bridgehead atoms. The summed E-state index contributed by atoms with van der Waals surface area (Å²) in [6.45, 7) is 3.64. The van der Waals surface area contributed by atoms with E-state index in [-0.39, 0.29) is 0 Å². The molecule has 7 heteroatoms. The summed E-state index contributed by atoms with van der Waals surface area (Å²) in [5.41, 5.74) is 0. The van der Waals surface area contributed by atoms with E-state index in [2.05, 4.69) is 22.4 Å². The molecule has 0 amide bonds. The third-order valence-corrected chi connectivity index (χ3v) is 4.63. The minimum Gasteiger partial charge on any atom is -0.491 e. The van der Waals surface area contributed by atoms with Gasteiger partial charge in [0.05, 0.1) is 11.6 Å². The normalized spacial score (nSPS) is 10.5. The fourth-order valence-corrected chi connectivity index (χ4v) is 3.27. The zero-order valence-corrected chi connectivity index (χ0v) is 13.5. The van der Waals surface area contributed by atoms with Gasteiger partial charge in [-0.05, 0) is 18.6 Å². The predicted molar refractivity (Wildman–Crippen MR) is 86.4 cm³/mol. The SMILES string of the molecule is CCCNc1nnc(SCCOc2ccccc2Cl)s1. The summed E-state index contributed by atoms with van der Waals surface area (Å²) < 4.78 is 6.57. The fourth-order valence-electron chi connectivity index (χ4n) is 1.41. The topological polar surface area (TPSA) is 47.0 Å². The van der Waals surface area contributed by atoms with Gasteiger partial charge in [0.25, 0.3) is 0 Å². The molecule has 0 spiro atoms. The van der Waals surface area contributed by atoms with Crippen LogP contribution in [0, 0.1) is 0 Å². The molecule has 0 atom stereocenters. The summed E-state index contributed by atoms with van der Waals surface area (Å²) in [7, 11) is 0. The second kappa shape index (κ2) is 8.34. The van der Waals surface area contributed by atoms with Crippen molar-refractivity contribution in [2.75, 3.05) is 24.2 Å². The first-order valence-electron chi connectivity index (χ1n) is 6.37. The van der Waals surface area contributed by atoms with Gasteiger partial charge in [0.1, 0.15) is 5.75 Å². The molecule has 108 valence electrons. The molecule has 1 N–H and O–H groups in total. The zero-order chi connectivity index (χ0) is 14.2. The lowest BCUT2D eigenvalue weighted by molar-refractivity contribution is 0.344. The average Bonchev–Trinajstić information content (AvgIpc) is 2.91. The Kier molecular flexibility index (Phi) is 6.42. The van der Waals surface area contributed by atoms with Crippen molar-refractivity contribution >= 4 is 39.8 Å². The van der Waals surface area contributed by atoms with Crippen LogP contribution in [0.1, 0.15) is 13.3 Å². The molecule has 0 aliphatic heterocycles. The maximum atomic E-state index is 6.01. The molecular formula is C13H16ClN3OS2. The lowest BCUT2D eigenvalue weighted by Crippen LogP contribution is -2.00. The zero-order valence-electron chi connectivity index (χ0n) is 11.1. The molecule has 0 saturated carbocycles. The van der Waals surface area contributed by atoms with E-state index >= 15 is 0 Å². The van der Waals surface area contributed by atoms with Crippen LogP contribution in [0.2, 0.25) is 5.02 Å². The summed E-state index contributed by atoms with van der Waals surface area (Å²) in [5.74, 6) is 1.53. The molecule has 0 aliphatic carbocycles. The Morgan fingerprint density at radius 2 is 2.20 bits per heavy atom. The van der Waals surface area contributed by atoms with E-state index in [9.17, 15) is 0 Å². The first kappa shape index (κ1) is 15.4. The van der Waals surface area contributed by atoms with Crippen LogP contribution in [-0.2, 0) is 0 Å². The second-order valence-corrected chi connectivity index (χ2v) is 6.65. The first-order chi connectivity index (χ1) is 9.79. The van der Waals surface area contributed by atoms with Gasteiger partial charge in [0.2, 0.25) is 5.13 Å². The largest absolute Gasteiger partial charge is 0.491 e. The minimum atomic E-state index is 0.589. The van der Waals surface area contributed by atoms with Crippen LogP contribution < -0.4 is 10.1 Å². The number of hydrogen-bond donors (Lipinski definition) is 1. The standard InChI is InChI=1S/C13H16ClN3OS2/c1-2-7-15-12-16-17-13(20-12)19-9-8-18-11-6-4-3-5-10(11)14/h3-6H,2,7-9H2,1H3,(H,15,16). The van der Waals surface area contributed by atoms with Crippen LogP contribution in [0.5, 0.6) is 5.75 Å². The van der Waals surface area contributed by atoms with E-state index in [4.69, 9.17) is 16.3 Å². The van der Waals surface area contributed by atoms with Gasteiger partial charge in [0, 0.05) is 12.3 Å². The minimum absolute atomic E-state index is 0.589. The fraction of sp³-hybridized carbons (Fsp3) is 0.385. The van der Waals surface area contributed by atoms with Crippen molar-refractivity contribution in [3.8, 4) is 5.75 Å². The number of nitrogens with one attached hydrogen (secondary N) is 1. The van der Waals surface area contributed by atoms with Crippen molar-refractivity contribution in [1.29, 1.82) is 0 Å². The molecule has 4 nitrogen and oxygen atoms in total. The lowest BCUT2D eigenvalue weighted by Gasteiger charge is -2.06. The summed E-state index contributed by atoms with van der Waals surface area (Å²) in [4.78, 5) is 0. The Labute approximate surface area is 131 Å². The van der Waals surface area contributed by atoms with Crippen LogP contribution in [0.15, 0.2) is 28.6 Å². The van der Waals surface area contributed by atoms with Crippen LogP contribution >= 0.6 is 34.7 Å². The Morgan fingerprint density at radius 3 is 3.00 bits per heavy atom. The Balaban J connectivity index is 1.71. The van der Waals surface area contributed by atoms with Crippen LogP contribution in [0.3, 0.4) is 0 Å². The monoisotopic (exact) mass is 329 g/mol. The van der Waals surface area contributed by atoms with Crippen LogP contribution in [0.25, 0.3) is 0 Å². The molecule has 2 aromatic rings. The Morgan fingerprint density at radius 1 is 1.35 bits per heavy atom. The molecule has 2 rings (SSSR count).